The van der Waals surface area contributed by atoms with Crippen LogP contribution < -0.4 is 4.90 Å². The minimum atomic E-state index is -0.118. The highest BCUT2D eigenvalue weighted by Crippen LogP contribution is 2.30. The van der Waals surface area contributed by atoms with Crippen LogP contribution in [0.1, 0.15) is 19.8 Å². The first-order chi connectivity index (χ1) is 13.3. The number of hydrogen-bond acceptors (Lipinski definition) is 6. The van der Waals surface area contributed by atoms with Crippen LogP contribution in [0, 0.1) is 5.92 Å². The van der Waals surface area contributed by atoms with E-state index >= 15 is 0 Å². The number of hydrogen-bond donors (Lipinski definition) is 0. The minimum Gasteiger partial charge on any atom is -0.466 e. The van der Waals surface area contributed by atoms with Gasteiger partial charge in [-0.05, 0) is 44.0 Å². The van der Waals surface area contributed by atoms with Crippen molar-refractivity contribution >= 4 is 22.7 Å². The second-order valence-corrected chi connectivity index (χ2v) is 6.67. The van der Waals surface area contributed by atoms with Gasteiger partial charge in [0.05, 0.1) is 18.0 Å². The fraction of sp³-hybridized carbons (Fsp3) is 0.333. The predicted octanol–water partition coefficient (Wildman–Crippen LogP) is 3.47. The molecule has 0 radical (unpaired) electrons. The van der Waals surface area contributed by atoms with E-state index in [1.165, 1.54) is 0 Å². The molecule has 0 spiro atoms. The smallest absolute Gasteiger partial charge is 0.310 e. The van der Waals surface area contributed by atoms with Gasteiger partial charge in [-0.25, -0.2) is 9.97 Å². The SMILES string of the molecule is CCOC(=O)[C@@H]1CCCN(c2nc(-c3cccnc3)nc3ccccc23)C1. The van der Waals surface area contributed by atoms with E-state index in [1.807, 2.05) is 43.3 Å². The van der Waals surface area contributed by atoms with Crippen LogP contribution in [0.25, 0.3) is 22.3 Å². The molecule has 6 nitrogen and oxygen atoms in total. The molecule has 0 amide bonds. The van der Waals surface area contributed by atoms with Crippen LogP contribution in [0.5, 0.6) is 0 Å². The van der Waals surface area contributed by atoms with Crippen molar-refractivity contribution in [3.63, 3.8) is 0 Å². The number of rotatable bonds is 4. The van der Waals surface area contributed by atoms with Gasteiger partial charge >= 0.3 is 5.97 Å². The van der Waals surface area contributed by atoms with E-state index in [2.05, 4.69) is 9.88 Å². The van der Waals surface area contributed by atoms with Crippen molar-refractivity contribution in [2.24, 2.45) is 5.92 Å². The highest BCUT2D eigenvalue weighted by Gasteiger charge is 2.28. The number of esters is 1. The molecule has 0 aliphatic carbocycles. The summed E-state index contributed by atoms with van der Waals surface area (Å²) in [5.74, 6) is 1.28. The van der Waals surface area contributed by atoms with Gasteiger partial charge < -0.3 is 9.64 Å². The van der Waals surface area contributed by atoms with Gasteiger partial charge in [0.2, 0.25) is 0 Å². The highest BCUT2D eigenvalue weighted by molar-refractivity contribution is 5.91. The summed E-state index contributed by atoms with van der Waals surface area (Å²) in [6, 6.07) is 11.8. The summed E-state index contributed by atoms with van der Waals surface area (Å²) >= 11 is 0. The lowest BCUT2D eigenvalue weighted by molar-refractivity contribution is -0.148. The van der Waals surface area contributed by atoms with Crippen molar-refractivity contribution in [1.82, 2.24) is 15.0 Å². The quantitative estimate of drug-likeness (QED) is 0.662. The van der Waals surface area contributed by atoms with Gasteiger partial charge in [-0.15, -0.1) is 0 Å². The second-order valence-electron chi connectivity index (χ2n) is 6.67. The Morgan fingerprint density at radius 3 is 2.93 bits per heavy atom. The Morgan fingerprint density at radius 1 is 1.22 bits per heavy atom. The Kier molecular flexibility index (Phi) is 4.96. The maximum Gasteiger partial charge on any atom is 0.310 e. The normalized spacial score (nSPS) is 17.1. The minimum absolute atomic E-state index is 0.116. The summed E-state index contributed by atoms with van der Waals surface area (Å²) in [7, 11) is 0. The second kappa shape index (κ2) is 7.70. The molecule has 3 heterocycles. The first-order valence-corrected chi connectivity index (χ1v) is 9.35. The number of carbonyl (C=O) groups is 1. The molecule has 1 aliphatic heterocycles. The summed E-state index contributed by atoms with van der Waals surface area (Å²) in [5, 5.41) is 0.995. The molecule has 3 aromatic rings. The summed E-state index contributed by atoms with van der Waals surface area (Å²) in [4.78, 5) is 28.2. The number of piperidine rings is 1. The first-order valence-electron chi connectivity index (χ1n) is 9.35. The average Bonchev–Trinajstić information content (AvgIpc) is 2.74. The van der Waals surface area contributed by atoms with Crippen LogP contribution >= 0.6 is 0 Å². The van der Waals surface area contributed by atoms with Crippen LogP contribution in [-0.2, 0) is 9.53 Å². The third-order valence-corrected chi connectivity index (χ3v) is 4.84. The van der Waals surface area contributed by atoms with Crippen molar-refractivity contribution in [3.05, 3.63) is 48.8 Å². The maximum absolute atomic E-state index is 12.2. The maximum atomic E-state index is 12.2. The zero-order valence-corrected chi connectivity index (χ0v) is 15.3. The number of anilines is 1. The highest BCUT2D eigenvalue weighted by atomic mass is 16.5. The molecule has 0 bridgehead atoms. The van der Waals surface area contributed by atoms with Crippen LogP contribution in [-0.4, -0.2) is 40.6 Å². The number of para-hydroxylation sites is 1. The third-order valence-electron chi connectivity index (χ3n) is 4.84. The molecule has 6 heteroatoms. The van der Waals surface area contributed by atoms with Gasteiger partial charge in [0.25, 0.3) is 0 Å². The fourth-order valence-corrected chi connectivity index (χ4v) is 3.55. The number of benzene rings is 1. The largest absolute Gasteiger partial charge is 0.466 e. The van der Waals surface area contributed by atoms with E-state index in [4.69, 9.17) is 14.7 Å². The molecule has 2 aromatic heterocycles. The van der Waals surface area contributed by atoms with Gasteiger partial charge in [0, 0.05) is 36.4 Å². The van der Waals surface area contributed by atoms with Gasteiger partial charge in [-0.2, -0.15) is 0 Å². The van der Waals surface area contributed by atoms with Crippen LogP contribution in [0.4, 0.5) is 5.82 Å². The van der Waals surface area contributed by atoms with E-state index in [1.54, 1.807) is 12.4 Å². The van der Waals surface area contributed by atoms with Crippen molar-refractivity contribution in [2.45, 2.75) is 19.8 Å². The molecule has 1 aromatic carbocycles. The molecule has 1 fully saturated rings. The molecule has 0 unspecified atom stereocenters. The molecule has 0 saturated carbocycles. The zero-order chi connectivity index (χ0) is 18.6. The van der Waals surface area contributed by atoms with E-state index in [9.17, 15) is 4.79 Å². The Morgan fingerprint density at radius 2 is 2.11 bits per heavy atom. The monoisotopic (exact) mass is 362 g/mol. The zero-order valence-electron chi connectivity index (χ0n) is 15.3. The van der Waals surface area contributed by atoms with Gasteiger partial charge in [0.1, 0.15) is 5.82 Å². The van der Waals surface area contributed by atoms with Gasteiger partial charge in [-0.1, -0.05) is 12.1 Å². The topological polar surface area (TPSA) is 68.2 Å². The van der Waals surface area contributed by atoms with E-state index in [0.717, 1.165) is 41.7 Å². The Bertz CT molecular complexity index is 945. The molecular formula is C21H22N4O2. The number of ether oxygens (including phenoxy) is 1. The molecule has 0 N–H and O–H groups in total. The fourth-order valence-electron chi connectivity index (χ4n) is 3.55. The molecule has 1 aliphatic rings. The van der Waals surface area contributed by atoms with E-state index in [0.29, 0.717) is 19.0 Å². The average molecular weight is 362 g/mol. The van der Waals surface area contributed by atoms with Gasteiger partial charge in [-0.3, -0.25) is 9.78 Å². The first kappa shape index (κ1) is 17.4. The van der Waals surface area contributed by atoms with Crippen LogP contribution in [0.2, 0.25) is 0 Å². The van der Waals surface area contributed by atoms with Crippen molar-refractivity contribution < 1.29 is 9.53 Å². The number of fused-ring (bicyclic) bond motifs is 1. The van der Waals surface area contributed by atoms with Crippen molar-refractivity contribution in [3.8, 4) is 11.4 Å². The predicted molar refractivity (Wildman–Crippen MR) is 104 cm³/mol. The standard InChI is InChI=1S/C21H22N4O2/c1-2-27-21(26)16-8-6-12-25(14-16)20-17-9-3-4-10-18(17)23-19(24-20)15-7-5-11-22-13-15/h3-5,7,9-11,13,16H,2,6,8,12,14H2,1H3/t16-/m1/s1. The van der Waals surface area contributed by atoms with Crippen LogP contribution in [0.3, 0.4) is 0 Å². The van der Waals surface area contributed by atoms with Gasteiger partial charge in [0.15, 0.2) is 5.82 Å². The van der Waals surface area contributed by atoms with E-state index in [-0.39, 0.29) is 11.9 Å². The number of aromatic nitrogens is 3. The summed E-state index contributed by atoms with van der Waals surface area (Å²) in [5.41, 5.74) is 1.77. The molecule has 138 valence electrons. The number of nitrogens with zero attached hydrogens (tertiary/aromatic N) is 4. The lowest BCUT2D eigenvalue weighted by Gasteiger charge is -2.33. The lowest BCUT2D eigenvalue weighted by atomic mass is 9.98. The summed E-state index contributed by atoms with van der Waals surface area (Å²) in [6.45, 7) is 3.74. The summed E-state index contributed by atoms with van der Waals surface area (Å²) < 4.78 is 5.24. The molecule has 4 rings (SSSR count). The number of carbonyl (C=O) groups excluding carboxylic acids is 1. The lowest BCUT2D eigenvalue weighted by Crippen LogP contribution is -2.40. The molecule has 1 atom stereocenters. The Hall–Kier alpha value is -3.02. The Balaban J connectivity index is 1.75. The molecule has 1 saturated heterocycles. The molecule has 27 heavy (non-hydrogen) atoms. The molecular weight excluding hydrogens is 340 g/mol. The van der Waals surface area contributed by atoms with E-state index < -0.39 is 0 Å². The summed E-state index contributed by atoms with van der Waals surface area (Å²) in [6.07, 6.45) is 5.30. The van der Waals surface area contributed by atoms with Crippen LogP contribution in [0.15, 0.2) is 48.8 Å². The third kappa shape index (κ3) is 3.60. The van der Waals surface area contributed by atoms with Crippen molar-refractivity contribution in [2.75, 3.05) is 24.6 Å². The Labute approximate surface area is 158 Å². The van der Waals surface area contributed by atoms with Crippen molar-refractivity contribution in [1.29, 1.82) is 0 Å². The number of pyridine rings is 1.